The van der Waals surface area contributed by atoms with Crippen molar-refractivity contribution >= 4 is 0 Å². The molecule has 0 aromatic heterocycles. The van der Waals surface area contributed by atoms with E-state index in [2.05, 4.69) is 46.4 Å². The van der Waals surface area contributed by atoms with Crippen LogP contribution in [0.25, 0.3) is 0 Å². The van der Waals surface area contributed by atoms with Gasteiger partial charge in [0.25, 0.3) is 0 Å². The van der Waals surface area contributed by atoms with Crippen molar-refractivity contribution in [3.05, 3.63) is 35.5 Å². The third-order valence-corrected chi connectivity index (χ3v) is 5.98. The maximum Gasteiger partial charge on any atom is 0.0617 e. The van der Waals surface area contributed by atoms with E-state index in [4.69, 9.17) is 0 Å². The fourth-order valence-electron chi connectivity index (χ4n) is 3.88. The maximum atomic E-state index is 10.2. The average molecular weight is 347 g/mol. The van der Waals surface area contributed by atoms with Crippen LogP contribution in [0.1, 0.15) is 98.8 Å². The van der Waals surface area contributed by atoms with Crippen LogP contribution in [0, 0.1) is 11.8 Å². The number of allylic oxidation sites excluding steroid dienone is 5. The second-order valence-corrected chi connectivity index (χ2v) is 8.65. The molecular formula is C24H42O. The van der Waals surface area contributed by atoms with Crippen LogP contribution in [-0.4, -0.2) is 10.7 Å². The lowest BCUT2D eigenvalue weighted by Gasteiger charge is -2.24. The summed E-state index contributed by atoms with van der Waals surface area (Å²) >= 11 is 0. The average Bonchev–Trinajstić information content (AvgIpc) is 2.55. The van der Waals surface area contributed by atoms with E-state index in [9.17, 15) is 5.11 Å². The summed E-state index contributed by atoms with van der Waals surface area (Å²) in [6.45, 7) is 14.9. The molecule has 0 fully saturated rings. The van der Waals surface area contributed by atoms with Crippen LogP contribution in [-0.2, 0) is 0 Å². The first-order valence-electron chi connectivity index (χ1n) is 10.5. The van der Waals surface area contributed by atoms with Crippen LogP contribution < -0.4 is 0 Å². The number of hydrogen-bond acceptors (Lipinski definition) is 1. The van der Waals surface area contributed by atoms with Crippen molar-refractivity contribution in [2.45, 2.75) is 104 Å². The van der Waals surface area contributed by atoms with Gasteiger partial charge in [-0.15, -0.1) is 6.58 Å². The van der Waals surface area contributed by atoms with Crippen LogP contribution in [0.15, 0.2) is 35.5 Å². The minimum absolute atomic E-state index is 0.488. The molecule has 25 heavy (non-hydrogen) atoms. The Kier molecular flexibility index (Phi) is 9.79. The van der Waals surface area contributed by atoms with Crippen molar-refractivity contribution in [1.29, 1.82) is 0 Å². The zero-order valence-electron chi connectivity index (χ0n) is 17.5. The van der Waals surface area contributed by atoms with Gasteiger partial charge < -0.3 is 5.11 Å². The molecule has 0 heterocycles. The van der Waals surface area contributed by atoms with Crippen molar-refractivity contribution in [3.8, 4) is 0 Å². The third-order valence-electron chi connectivity index (χ3n) is 5.98. The van der Waals surface area contributed by atoms with Crippen molar-refractivity contribution in [2.75, 3.05) is 0 Å². The van der Waals surface area contributed by atoms with E-state index in [1.54, 1.807) is 5.57 Å². The molecule has 1 heteroatoms. The molecule has 0 bridgehead atoms. The Morgan fingerprint density at radius 2 is 2.00 bits per heavy atom. The van der Waals surface area contributed by atoms with Crippen molar-refractivity contribution < 1.29 is 5.11 Å². The topological polar surface area (TPSA) is 20.2 Å². The minimum Gasteiger partial charge on any atom is -0.390 e. The third kappa shape index (κ3) is 8.90. The first kappa shape index (κ1) is 22.2. The molecule has 0 spiro atoms. The molecule has 0 amide bonds. The Labute approximate surface area is 157 Å². The van der Waals surface area contributed by atoms with Gasteiger partial charge in [0.1, 0.15) is 0 Å². The highest BCUT2D eigenvalue weighted by Crippen LogP contribution is 2.31. The Bertz CT molecular complexity index is 466. The second-order valence-electron chi connectivity index (χ2n) is 8.65. The van der Waals surface area contributed by atoms with Gasteiger partial charge in [-0.25, -0.2) is 0 Å². The van der Waals surface area contributed by atoms with E-state index >= 15 is 0 Å². The van der Waals surface area contributed by atoms with Gasteiger partial charge in [-0.05, 0) is 89.5 Å². The summed E-state index contributed by atoms with van der Waals surface area (Å²) in [5, 5.41) is 10.2. The van der Waals surface area contributed by atoms with Gasteiger partial charge in [-0.2, -0.15) is 0 Å². The highest BCUT2D eigenvalue weighted by molar-refractivity contribution is 5.32. The molecule has 1 aliphatic rings. The van der Waals surface area contributed by atoms with Gasteiger partial charge in [0.05, 0.1) is 5.60 Å². The number of rotatable bonds is 12. The Balaban J connectivity index is 2.46. The maximum absolute atomic E-state index is 10.2. The molecule has 1 aliphatic carbocycles. The van der Waals surface area contributed by atoms with E-state index in [0.717, 1.165) is 37.5 Å². The monoisotopic (exact) mass is 346 g/mol. The lowest BCUT2D eigenvalue weighted by Crippen LogP contribution is -2.22. The molecule has 1 nitrogen and oxygen atoms in total. The van der Waals surface area contributed by atoms with Crippen LogP contribution in [0.4, 0.5) is 0 Å². The minimum atomic E-state index is -0.488. The summed E-state index contributed by atoms with van der Waals surface area (Å²) in [6, 6.07) is 0. The highest BCUT2D eigenvalue weighted by atomic mass is 16.3. The smallest absolute Gasteiger partial charge is 0.0617 e. The summed E-state index contributed by atoms with van der Waals surface area (Å²) < 4.78 is 0. The van der Waals surface area contributed by atoms with Gasteiger partial charge in [0.2, 0.25) is 0 Å². The largest absolute Gasteiger partial charge is 0.390 e. The molecule has 0 saturated carbocycles. The first-order valence-corrected chi connectivity index (χ1v) is 10.5. The Hall–Kier alpha value is -0.820. The van der Waals surface area contributed by atoms with Crippen molar-refractivity contribution in [1.82, 2.24) is 0 Å². The lowest BCUT2D eigenvalue weighted by molar-refractivity contribution is 0.0430. The molecule has 0 saturated heterocycles. The van der Waals surface area contributed by atoms with E-state index in [1.807, 2.05) is 6.92 Å². The Morgan fingerprint density at radius 3 is 2.60 bits per heavy atom. The van der Waals surface area contributed by atoms with Crippen LogP contribution in [0.2, 0.25) is 0 Å². The van der Waals surface area contributed by atoms with Gasteiger partial charge in [-0.1, -0.05) is 50.0 Å². The lowest BCUT2D eigenvalue weighted by atomic mass is 9.84. The summed E-state index contributed by atoms with van der Waals surface area (Å²) in [5.74, 6) is 1.47. The zero-order chi connectivity index (χ0) is 18.9. The van der Waals surface area contributed by atoms with Gasteiger partial charge in [0, 0.05) is 0 Å². The van der Waals surface area contributed by atoms with Crippen molar-refractivity contribution in [3.63, 3.8) is 0 Å². The van der Waals surface area contributed by atoms with Gasteiger partial charge in [-0.3, -0.25) is 0 Å². The molecule has 0 radical (unpaired) electrons. The van der Waals surface area contributed by atoms with Crippen LogP contribution in [0.5, 0.6) is 0 Å². The van der Waals surface area contributed by atoms with E-state index < -0.39 is 5.60 Å². The van der Waals surface area contributed by atoms with Gasteiger partial charge in [0.15, 0.2) is 0 Å². The van der Waals surface area contributed by atoms with Crippen LogP contribution in [0.3, 0.4) is 0 Å². The summed E-state index contributed by atoms with van der Waals surface area (Å²) in [5.41, 5.74) is 3.89. The predicted octanol–water partition coefficient (Wildman–Crippen LogP) is 7.37. The SMILES string of the molecule is C=C(C)CC(CCCC1=CC(CC)CC=C1C)CCC[C@](C)(O)CC. The van der Waals surface area contributed by atoms with Gasteiger partial charge >= 0.3 is 0 Å². The Morgan fingerprint density at radius 1 is 1.32 bits per heavy atom. The standard InChI is InChI=1S/C24H42O/c1-7-21-15-14-20(5)23(18-21)13-9-11-22(17-19(3)4)12-10-16-24(6,25)8-2/h14,18,21-22,25H,3,7-13,15-17H2,1-2,4-6H3/t21?,22?,24-/m1/s1. The first-order chi connectivity index (χ1) is 11.8. The molecule has 0 aliphatic heterocycles. The van der Waals surface area contributed by atoms with Crippen LogP contribution >= 0.6 is 0 Å². The molecule has 1 rings (SSSR count). The number of aliphatic hydroxyl groups is 1. The van der Waals surface area contributed by atoms with E-state index in [-0.39, 0.29) is 0 Å². The fraction of sp³-hybridized carbons (Fsp3) is 0.750. The normalized spacial score (nSPS) is 21.3. The van der Waals surface area contributed by atoms with E-state index in [1.165, 1.54) is 49.7 Å². The summed E-state index contributed by atoms with van der Waals surface area (Å²) in [6.07, 6.45) is 16.5. The van der Waals surface area contributed by atoms with Crippen molar-refractivity contribution in [2.24, 2.45) is 11.8 Å². The van der Waals surface area contributed by atoms with E-state index in [0.29, 0.717) is 0 Å². The summed E-state index contributed by atoms with van der Waals surface area (Å²) in [7, 11) is 0. The second kappa shape index (κ2) is 11.0. The fourth-order valence-corrected chi connectivity index (χ4v) is 3.88. The molecular weight excluding hydrogens is 304 g/mol. The summed E-state index contributed by atoms with van der Waals surface area (Å²) in [4.78, 5) is 0. The quantitative estimate of drug-likeness (QED) is 0.366. The highest BCUT2D eigenvalue weighted by Gasteiger charge is 2.18. The predicted molar refractivity (Wildman–Crippen MR) is 112 cm³/mol. The molecule has 2 unspecified atom stereocenters. The molecule has 0 aromatic rings. The molecule has 144 valence electrons. The molecule has 3 atom stereocenters. The number of hydrogen-bond donors (Lipinski definition) is 1. The molecule has 0 aromatic carbocycles. The molecule has 1 N–H and O–H groups in total. The zero-order valence-corrected chi connectivity index (χ0v) is 17.5.